The Morgan fingerprint density at radius 2 is 1.88 bits per heavy atom. The first-order valence-corrected chi connectivity index (χ1v) is 8.29. The van der Waals surface area contributed by atoms with Gasteiger partial charge in [-0.1, -0.05) is 11.6 Å². The number of benzene rings is 1. The van der Waals surface area contributed by atoms with E-state index >= 15 is 0 Å². The number of hydrogen-bond acceptors (Lipinski definition) is 5. The molecule has 0 bridgehead atoms. The van der Waals surface area contributed by atoms with Gasteiger partial charge in [0.05, 0.1) is 27.4 Å². The van der Waals surface area contributed by atoms with Crippen LogP contribution in [0, 0.1) is 11.3 Å². The summed E-state index contributed by atoms with van der Waals surface area (Å²) in [7, 11) is 4.54. The monoisotopic (exact) mass is 344 g/mol. The summed E-state index contributed by atoms with van der Waals surface area (Å²) >= 11 is 0. The minimum Gasteiger partial charge on any atom is -0.493 e. The number of carbonyl (C=O) groups excluding carboxylic acids is 1. The predicted molar refractivity (Wildman–Crippen MR) is 93.8 cm³/mol. The fourth-order valence-electron chi connectivity index (χ4n) is 2.94. The Bertz CT molecular complexity index is 666. The summed E-state index contributed by atoms with van der Waals surface area (Å²) in [5.41, 5.74) is 1.73. The van der Waals surface area contributed by atoms with Crippen molar-refractivity contribution in [2.75, 3.05) is 21.3 Å². The molecule has 0 saturated carbocycles. The third-order valence-corrected chi connectivity index (χ3v) is 4.23. The van der Waals surface area contributed by atoms with E-state index in [-0.39, 0.29) is 5.91 Å². The van der Waals surface area contributed by atoms with Crippen LogP contribution in [0.3, 0.4) is 0 Å². The minimum atomic E-state index is -0.787. The van der Waals surface area contributed by atoms with Gasteiger partial charge in [-0.15, -0.1) is 0 Å². The molecule has 1 unspecified atom stereocenters. The Morgan fingerprint density at radius 1 is 1.20 bits per heavy atom. The zero-order valence-corrected chi connectivity index (χ0v) is 14.9. The lowest BCUT2D eigenvalue weighted by Gasteiger charge is -2.18. The van der Waals surface area contributed by atoms with Gasteiger partial charge in [0.1, 0.15) is 6.04 Å². The quantitative estimate of drug-likeness (QED) is 0.768. The summed E-state index contributed by atoms with van der Waals surface area (Å²) in [5.74, 6) is 1.18. The molecule has 1 aromatic carbocycles. The van der Waals surface area contributed by atoms with Crippen LogP contribution in [0.15, 0.2) is 23.8 Å². The molecule has 1 aromatic rings. The van der Waals surface area contributed by atoms with Gasteiger partial charge < -0.3 is 19.5 Å². The maximum Gasteiger partial charge on any atom is 0.225 e. The van der Waals surface area contributed by atoms with Crippen molar-refractivity contribution in [1.29, 1.82) is 5.26 Å². The second kappa shape index (κ2) is 8.97. The highest BCUT2D eigenvalue weighted by Gasteiger charge is 2.20. The molecule has 0 radical (unpaired) electrons. The number of nitriles is 1. The van der Waals surface area contributed by atoms with Crippen molar-refractivity contribution >= 4 is 5.91 Å². The second-order valence-corrected chi connectivity index (χ2v) is 5.87. The highest BCUT2D eigenvalue weighted by Crippen LogP contribution is 2.39. The molecular formula is C19H24N2O4. The summed E-state index contributed by atoms with van der Waals surface area (Å²) in [4.78, 5) is 12.3. The van der Waals surface area contributed by atoms with Gasteiger partial charge in [-0.3, -0.25) is 4.79 Å². The van der Waals surface area contributed by atoms with Crippen molar-refractivity contribution in [2.45, 2.75) is 38.1 Å². The van der Waals surface area contributed by atoms with Crippen molar-refractivity contribution in [1.82, 2.24) is 5.32 Å². The lowest BCUT2D eigenvalue weighted by Crippen LogP contribution is -2.28. The molecule has 0 fully saturated rings. The smallest absolute Gasteiger partial charge is 0.225 e. The molecule has 25 heavy (non-hydrogen) atoms. The predicted octanol–water partition coefficient (Wildman–Crippen LogP) is 3.28. The largest absolute Gasteiger partial charge is 0.493 e. The molecule has 0 aromatic heterocycles. The van der Waals surface area contributed by atoms with Gasteiger partial charge in [-0.25, -0.2) is 0 Å². The Morgan fingerprint density at radius 3 is 2.36 bits per heavy atom. The average Bonchev–Trinajstić information content (AvgIpc) is 2.65. The van der Waals surface area contributed by atoms with Crippen LogP contribution in [0.1, 0.15) is 43.7 Å². The summed E-state index contributed by atoms with van der Waals surface area (Å²) in [6, 6.07) is 4.69. The summed E-state index contributed by atoms with van der Waals surface area (Å²) < 4.78 is 15.9. The summed E-state index contributed by atoms with van der Waals surface area (Å²) in [6.07, 6.45) is 6.74. The molecular weight excluding hydrogens is 320 g/mol. The number of rotatable bonds is 7. The van der Waals surface area contributed by atoms with Crippen LogP contribution in [0.25, 0.3) is 0 Å². The van der Waals surface area contributed by atoms with Gasteiger partial charge >= 0.3 is 0 Å². The van der Waals surface area contributed by atoms with Gasteiger partial charge in [0.25, 0.3) is 0 Å². The molecule has 1 N–H and O–H groups in total. The second-order valence-electron chi connectivity index (χ2n) is 5.87. The number of allylic oxidation sites excluding steroid dienone is 1. The van der Waals surface area contributed by atoms with Crippen molar-refractivity contribution < 1.29 is 19.0 Å². The van der Waals surface area contributed by atoms with Crippen molar-refractivity contribution in [3.8, 4) is 23.3 Å². The van der Waals surface area contributed by atoms with E-state index in [2.05, 4.69) is 17.5 Å². The first kappa shape index (κ1) is 18.7. The third-order valence-electron chi connectivity index (χ3n) is 4.23. The fourth-order valence-corrected chi connectivity index (χ4v) is 2.94. The maximum absolute atomic E-state index is 12.3. The lowest BCUT2D eigenvalue weighted by atomic mass is 9.97. The Kier molecular flexibility index (Phi) is 6.70. The average molecular weight is 344 g/mol. The molecule has 0 aliphatic heterocycles. The maximum atomic E-state index is 12.3. The van der Waals surface area contributed by atoms with Crippen LogP contribution >= 0.6 is 0 Å². The molecule has 1 aliphatic carbocycles. The molecule has 1 aliphatic rings. The molecule has 1 atom stereocenters. The summed E-state index contributed by atoms with van der Waals surface area (Å²) in [6.45, 7) is 0. The van der Waals surface area contributed by atoms with Gasteiger partial charge in [0.15, 0.2) is 11.5 Å². The number of ether oxygens (including phenoxy) is 3. The topological polar surface area (TPSA) is 80.6 Å². The molecule has 0 spiro atoms. The van der Waals surface area contributed by atoms with Crippen LogP contribution in [-0.4, -0.2) is 27.2 Å². The SMILES string of the molecule is COc1cc(C(C#N)NC(=O)CC2=CCCCC2)cc(OC)c1OC. The van der Waals surface area contributed by atoms with Crippen molar-refractivity contribution in [3.05, 3.63) is 29.3 Å². The van der Waals surface area contributed by atoms with Gasteiger partial charge in [-0.05, 0) is 43.4 Å². The van der Waals surface area contributed by atoms with E-state index in [1.807, 2.05) is 0 Å². The van der Waals surface area contributed by atoms with Crippen LogP contribution in [0.5, 0.6) is 17.2 Å². The molecule has 1 amide bonds. The lowest BCUT2D eigenvalue weighted by molar-refractivity contribution is -0.120. The van der Waals surface area contributed by atoms with Crippen molar-refractivity contribution in [2.24, 2.45) is 0 Å². The number of nitrogens with one attached hydrogen (secondary N) is 1. The number of amides is 1. The molecule has 134 valence electrons. The molecule has 6 heteroatoms. The van der Waals surface area contributed by atoms with Gasteiger partial charge in [0, 0.05) is 6.42 Å². The number of hydrogen-bond donors (Lipinski definition) is 1. The Balaban J connectivity index is 2.18. The van der Waals surface area contributed by atoms with E-state index in [0.29, 0.717) is 29.2 Å². The van der Waals surface area contributed by atoms with E-state index in [4.69, 9.17) is 14.2 Å². The van der Waals surface area contributed by atoms with Gasteiger partial charge in [-0.2, -0.15) is 5.26 Å². The Labute approximate surface area is 148 Å². The van der Waals surface area contributed by atoms with E-state index in [0.717, 1.165) is 24.8 Å². The normalized spacial score (nSPS) is 14.7. The van der Waals surface area contributed by atoms with Crippen LogP contribution in [0.2, 0.25) is 0 Å². The van der Waals surface area contributed by atoms with E-state index in [1.165, 1.54) is 27.8 Å². The van der Waals surface area contributed by atoms with E-state index in [9.17, 15) is 10.1 Å². The van der Waals surface area contributed by atoms with E-state index < -0.39 is 6.04 Å². The third kappa shape index (κ3) is 4.66. The van der Waals surface area contributed by atoms with Crippen LogP contribution in [0.4, 0.5) is 0 Å². The molecule has 6 nitrogen and oxygen atoms in total. The number of carbonyl (C=O) groups is 1. The van der Waals surface area contributed by atoms with Gasteiger partial charge in [0.2, 0.25) is 11.7 Å². The first-order valence-electron chi connectivity index (χ1n) is 8.29. The molecule has 0 saturated heterocycles. The zero-order chi connectivity index (χ0) is 18.2. The highest BCUT2D eigenvalue weighted by molar-refractivity contribution is 5.79. The van der Waals surface area contributed by atoms with Crippen LogP contribution < -0.4 is 19.5 Å². The highest BCUT2D eigenvalue weighted by atomic mass is 16.5. The Hall–Kier alpha value is -2.68. The van der Waals surface area contributed by atoms with E-state index in [1.54, 1.807) is 12.1 Å². The standard InChI is InChI=1S/C19H24N2O4/c1-23-16-10-14(11-17(24-2)19(16)25-3)15(12-20)21-18(22)9-13-7-5-4-6-8-13/h7,10-11,15H,4-6,8-9H2,1-3H3,(H,21,22). The fraction of sp³-hybridized carbons (Fsp3) is 0.474. The number of nitrogens with zero attached hydrogens (tertiary/aromatic N) is 1. The van der Waals surface area contributed by atoms with Crippen LogP contribution in [-0.2, 0) is 4.79 Å². The summed E-state index contributed by atoms with van der Waals surface area (Å²) in [5, 5.41) is 12.3. The number of methoxy groups -OCH3 is 3. The van der Waals surface area contributed by atoms with Crippen molar-refractivity contribution in [3.63, 3.8) is 0 Å². The molecule has 2 rings (SSSR count). The minimum absolute atomic E-state index is 0.159. The first-order chi connectivity index (χ1) is 12.1. The zero-order valence-electron chi connectivity index (χ0n) is 14.9. The molecule has 0 heterocycles.